The van der Waals surface area contributed by atoms with E-state index in [0.717, 1.165) is 5.56 Å². The van der Waals surface area contributed by atoms with Gasteiger partial charge in [-0.2, -0.15) is 8.78 Å². The minimum absolute atomic E-state index is 0.00464. The van der Waals surface area contributed by atoms with E-state index in [0.29, 0.717) is 11.4 Å². The fraction of sp³-hybridized carbons (Fsp3) is 0.143. The van der Waals surface area contributed by atoms with Crippen LogP contribution in [0.1, 0.15) is 15.9 Å². The second-order valence-electron chi connectivity index (χ2n) is 4.08. The first-order chi connectivity index (χ1) is 9.54. The van der Waals surface area contributed by atoms with Crippen LogP contribution in [0.3, 0.4) is 0 Å². The topological polar surface area (TPSA) is 51.2 Å². The maximum absolute atomic E-state index is 12.0. The van der Waals surface area contributed by atoms with Gasteiger partial charge < -0.3 is 10.1 Å². The van der Waals surface area contributed by atoms with Gasteiger partial charge in [-0.15, -0.1) is 0 Å². The summed E-state index contributed by atoms with van der Waals surface area (Å²) in [6, 6.07) is 8.93. The second kappa shape index (κ2) is 6.10. The first-order valence-electron chi connectivity index (χ1n) is 5.83. The van der Waals surface area contributed by atoms with Crippen molar-refractivity contribution in [2.75, 3.05) is 5.32 Å². The van der Waals surface area contributed by atoms with Crippen molar-refractivity contribution in [3.05, 3.63) is 53.7 Å². The molecule has 20 heavy (non-hydrogen) atoms. The first kappa shape index (κ1) is 13.9. The van der Waals surface area contributed by atoms with Crippen molar-refractivity contribution in [1.82, 2.24) is 4.98 Å². The lowest BCUT2D eigenvalue weighted by atomic mass is 10.2. The molecule has 0 bridgehead atoms. The molecule has 2 rings (SSSR count). The molecule has 0 atom stereocenters. The number of hydrogen-bond acceptors (Lipinski definition) is 3. The molecule has 0 unspecified atom stereocenters. The van der Waals surface area contributed by atoms with Gasteiger partial charge in [0, 0.05) is 11.8 Å². The number of carbonyl (C=O) groups is 1. The van der Waals surface area contributed by atoms with Crippen molar-refractivity contribution in [2.24, 2.45) is 0 Å². The Kier molecular flexibility index (Phi) is 4.24. The third-order valence-corrected chi connectivity index (χ3v) is 2.49. The average Bonchev–Trinajstić information content (AvgIpc) is 2.41. The number of rotatable bonds is 4. The lowest BCUT2D eigenvalue weighted by Crippen LogP contribution is -2.13. The van der Waals surface area contributed by atoms with Gasteiger partial charge in [0.1, 0.15) is 11.6 Å². The largest absolute Gasteiger partial charge is 0.435 e. The Morgan fingerprint density at radius 2 is 1.90 bits per heavy atom. The van der Waals surface area contributed by atoms with Crippen molar-refractivity contribution in [2.45, 2.75) is 13.5 Å². The fourth-order valence-corrected chi connectivity index (χ4v) is 1.52. The van der Waals surface area contributed by atoms with Crippen LogP contribution in [0, 0.1) is 6.92 Å². The van der Waals surface area contributed by atoms with Gasteiger partial charge in [0.15, 0.2) is 0 Å². The summed E-state index contributed by atoms with van der Waals surface area (Å²) in [7, 11) is 0. The molecule has 1 aromatic carbocycles. The van der Waals surface area contributed by atoms with Crippen molar-refractivity contribution < 1.29 is 18.3 Å². The molecule has 1 N–H and O–H groups in total. The predicted molar refractivity (Wildman–Crippen MR) is 70.0 cm³/mol. The van der Waals surface area contributed by atoms with Gasteiger partial charge in [-0.3, -0.25) is 4.79 Å². The van der Waals surface area contributed by atoms with Gasteiger partial charge in [0.05, 0.1) is 0 Å². The molecule has 0 spiro atoms. The van der Waals surface area contributed by atoms with Crippen LogP contribution in [0.5, 0.6) is 5.75 Å². The minimum atomic E-state index is -2.88. The van der Waals surface area contributed by atoms with E-state index in [2.05, 4.69) is 15.0 Å². The lowest BCUT2D eigenvalue weighted by Gasteiger charge is -2.06. The summed E-state index contributed by atoms with van der Waals surface area (Å²) in [5.41, 5.74) is 1.31. The zero-order chi connectivity index (χ0) is 14.5. The normalized spacial score (nSPS) is 10.4. The zero-order valence-electron chi connectivity index (χ0n) is 10.6. The summed E-state index contributed by atoms with van der Waals surface area (Å²) in [4.78, 5) is 15.9. The highest BCUT2D eigenvalue weighted by Crippen LogP contribution is 2.15. The molecule has 2 aromatic rings. The monoisotopic (exact) mass is 278 g/mol. The number of alkyl halides is 2. The molecule has 0 aliphatic heterocycles. The summed E-state index contributed by atoms with van der Waals surface area (Å²) in [5, 5.41) is 2.61. The SMILES string of the molecule is Cc1ccc(NC(=O)c2ccc(OC(F)F)cc2)nc1. The van der Waals surface area contributed by atoms with Crippen LogP contribution in [0.2, 0.25) is 0 Å². The van der Waals surface area contributed by atoms with E-state index in [-0.39, 0.29) is 11.7 Å². The third-order valence-electron chi connectivity index (χ3n) is 2.49. The Labute approximate surface area is 114 Å². The van der Waals surface area contributed by atoms with E-state index in [1.54, 1.807) is 12.3 Å². The number of aromatic nitrogens is 1. The molecule has 1 heterocycles. The second-order valence-corrected chi connectivity index (χ2v) is 4.08. The predicted octanol–water partition coefficient (Wildman–Crippen LogP) is 3.24. The van der Waals surface area contributed by atoms with Gasteiger partial charge in [0.2, 0.25) is 0 Å². The number of nitrogens with zero attached hydrogens (tertiary/aromatic N) is 1. The molecule has 0 aliphatic rings. The molecular weight excluding hydrogens is 266 g/mol. The first-order valence-corrected chi connectivity index (χ1v) is 5.83. The number of nitrogens with one attached hydrogen (secondary N) is 1. The van der Waals surface area contributed by atoms with Crippen LogP contribution >= 0.6 is 0 Å². The van der Waals surface area contributed by atoms with E-state index in [1.165, 1.54) is 24.3 Å². The maximum Gasteiger partial charge on any atom is 0.387 e. The summed E-state index contributed by atoms with van der Waals surface area (Å²) in [5.74, 6) is 0.0588. The van der Waals surface area contributed by atoms with Crippen LogP contribution in [0.4, 0.5) is 14.6 Å². The van der Waals surface area contributed by atoms with Crippen LogP contribution in [0.25, 0.3) is 0 Å². The number of aryl methyl sites for hydroxylation is 1. The molecule has 1 amide bonds. The summed E-state index contributed by atoms with van der Waals surface area (Å²) < 4.78 is 28.2. The number of anilines is 1. The smallest absolute Gasteiger partial charge is 0.387 e. The van der Waals surface area contributed by atoms with E-state index in [9.17, 15) is 13.6 Å². The number of carbonyl (C=O) groups excluding carboxylic acids is 1. The highest BCUT2D eigenvalue weighted by atomic mass is 19.3. The minimum Gasteiger partial charge on any atom is -0.435 e. The average molecular weight is 278 g/mol. The molecule has 6 heteroatoms. The molecule has 0 radical (unpaired) electrons. The van der Waals surface area contributed by atoms with Crippen molar-refractivity contribution in [3.8, 4) is 5.75 Å². The van der Waals surface area contributed by atoms with Crippen LogP contribution < -0.4 is 10.1 Å². The Bertz CT molecular complexity index is 583. The summed E-state index contributed by atoms with van der Waals surface area (Å²) in [6.45, 7) is -0.994. The molecule has 1 aromatic heterocycles. The number of benzene rings is 1. The molecule has 4 nitrogen and oxygen atoms in total. The number of ether oxygens (including phenoxy) is 1. The van der Waals surface area contributed by atoms with Gasteiger partial charge in [-0.05, 0) is 42.8 Å². The van der Waals surface area contributed by atoms with Crippen LogP contribution in [-0.4, -0.2) is 17.5 Å². The molecule has 104 valence electrons. The number of hydrogen-bond donors (Lipinski definition) is 1. The zero-order valence-corrected chi connectivity index (χ0v) is 10.6. The van der Waals surface area contributed by atoms with E-state index < -0.39 is 6.61 Å². The molecule has 0 saturated carbocycles. The van der Waals surface area contributed by atoms with Crippen LogP contribution in [0.15, 0.2) is 42.6 Å². The van der Waals surface area contributed by atoms with Gasteiger partial charge in [-0.1, -0.05) is 6.07 Å². The molecular formula is C14H12F2N2O2. The Morgan fingerprint density at radius 1 is 1.20 bits per heavy atom. The summed E-state index contributed by atoms with van der Waals surface area (Å²) in [6.07, 6.45) is 1.63. The van der Waals surface area contributed by atoms with Gasteiger partial charge >= 0.3 is 6.61 Å². The fourth-order valence-electron chi connectivity index (χ4n) is 1.52. The highest BCUT2D eigenvalue weighted by molar-refractivity contribution is 6.03. The lowest BCUT2D eigenvalue weighted by molar-refractivity contribution is -0.0498. The quantitative estimate of drug-likeness (QED) is 0.934. The van der Waals surface area contributed by atoms with Crippen molar-refractivity contribution in [3.63, 3.8) is 0 Å². The Hall–Kier alpha value is -2.50. The standard InChI is InChI=1S/C14H12F2N2O2/c1-9-2-7-12(17-8-9)18-13(19)10-3-5-11(6-4-10)20-14(15)16/h2-8,14H,1H3,(H,17,18,19). The number of pyridine rings is 1. The van der Waals surface area contributed by atoms with Gasteiger partial charge in [-0.25, -0.2) is 4.98 Å². The van der Waals surface area contributed by atoms with E-state index in [4.69, 9.17) is 0 Å². The van der Waals surface area contributed by atoms with Crippen molar-refractivity contribution in [1.29, 1.82) is 0 Å². The maximum atomic E-state index is 12.0. The highest BCUT2D eigenvalue weighted by Gasteiger charge is 2.08. The molecule has 0 fully saturated rings. The van der Waals surface area contributed by atoms with E-state index in [1.807, 2.05) is 13.0 Å². The van der Waals surface area contributed by atoms with Gasteiger partial charge in [0.25, 0.3) is 5.91 Å². The Morgan fingerprint density at radius 3 is 2.45 bits per heavy atom. The van der Waals surface area contributed by atoms with Crippen LogP contribution in [-0.2, 0) is 0 Å². The summed E-state index contributed by atoms with van der Waals surface area (Å²) >= 11 is 0. The third kappa shape index (κ3) is 3.74. The molecule has 0 saturated heterocycles. The van der Waals surface area contributed by atoms with E-state index >= 15 is 0 Å². The van der Waals surface area contributed by atoms with Crippen molar-refractivity contribution >= 4 is 11.7 Å². The number of amides is 1. The molecule has 0 aliphatic carbocycles. The Balaban J connectivity index is 2.03. The number of halogens is 2.